The highest BCUT2D eigenvalue weighted by Gasteiger charge is 2.55. The van der Waals surface area contributed by atoms with Gasteiger partial charge in [0.15, 0.2) is 22.4 Å². The van der Waals surface area contributed by atoms with E-state index in [-0.39, 0.29) is 45.5 Å². The molecule has 1 aromatic rings. The van der Waals surface area contributed by atoms with E-state index in [0.29, 0.717) is 34.0 Å². The third kappa shape index (κ3) is 5.20. The number of thiocarbonyl (C=S) groups is 1. The van der Waals surface area contributed by atoms with Crippen LogP contribution in [0.5, 0.6) is 11.5 Å². The van der Waals surface area contributed by atoms with E-state index in [2.05, 4.69) is 5.43 Å². The first-order valence-electron chi connectivity index (χ1n) is 12.5. The molecule has 4 bridgehead atoms. The summed E-state index contributed by atoms with van der Waals surface area (Å²) >= 11 is 13.0. The van der Waals surface area contributed by atoms with Crippen molar-refractivity contribution in [2.24, 2.45) is 23.2 Å². The second-order valence-corrected chi connectivity index (χ2v) is 12.4. The number of nitrogens with one attached hydrogen (secondary N) is 1. The van der Waals surface area contributed by atoms with Crippen LogP contribution in [0.15, 0.2) is 17.0 Å². The molecule has 4 aliphatic carbocycles. The third-order valence-electron chi connectivity index (χ3n) is 7.72. The molecule has 0 aromatic heterocycles. The maximum Gasteiger partial charge on any atom is 0.344 e. The Morgan fingerprint density at radius 2 is 1.86 bits per heavy atom. The minimum atomic E-state index is -0.524. The van der Waals surface area contributed by atoms with Gasteiger partial charge in [0.05, 0.1) is 29.1 Å². The summed E-state index contributed by atoms with van der Waals surface area (Å²) in [6.45, 7) is 1.63. The van der Waals surface area contributed by atoms with Crippen LogP contribution < -0.4 is 14.9 Å². The van der Waals surface area contributed by atoms with Gasteiger partial charge in [0.2, 0.25) is 5.91 Å². The molecule has 1 heterocycles. The molecule has 0 atom stereocenters. The second kappa shape index (κ2) is 10.5. The zero-order valence-corrected chi connectivity index (χ0v) is 23.1. The number of benzene rings is 1. The van der Waals surface area contributed by atoms with Gasteiger partial charge in [-0.25, -0.2) is 4.79 Å². The topological polar surface area (TPSA) is 94.2 Å². The van der Waals surface area contributed by atoms with Crippen molar-refractivity contribution in [2.75, 3.05) is 20.3 Å². The van der Waals surface area contributed by atoms with Gasteiger partial charge in [-0.2, -0.15) is 5.01 Å². The van der Waals surface area contributed by atoms with Gasteiger partial charge in [0.25, 0.3) is 5.91 Å². The molecular formula is C26H29ClN2O6S2. The number of hydrogen-bond acceptors (Lipinski definition) is 8. The van der Waals surface area contributed by atoms with E-state index in [4.69, 9.17) is 38.0 Å². The summed E-state index contributed by atoms with van der Waals surface area (Å²) in [6.07, 6.45) is 8.04. The van der Waals surface area contributed by atoms with Crippen molar-refractivity contribution in [3.05, 3.63) is 27.6 Å². The molecule has 5 fully saturated rings. The highest BCUT2D eigenvalue weighted by molar-refractivity contribution is 8.26. The van der Waals surface area contributed by atoms with Gasteiger partial charge < -0.3 is 14.2 Å². The highest BCUT2D eigenvalue weighted by atomic mass is 35.5. The van der Waals surface area contributed by atoms with Crippen LogP contribution in [0.4, 0.5) is 0 Å². The first kappa shape index (κ1) is 26.3. The molecule has 37 heavy (non-hydrogen) atoms. The lowest BCUT2D eigenvalue weighted by molar-refractivity contribution is -0.152. The third-order valence-corrected chi connectivity index (χ3v) is 9.30. The zero-order valence-electron chi connectivity index (χ0n) is 20.7. The molecule has 1 N–H and O–H groups in total. The van der Waals surface area contributed by atoms with E-state index in [9.17, 15) is 14.4 Å². The average molecular weight is 565 g/mol. The molecule has 6 rings (SSSR count). The fourth-order valence-corrected chi connectivity index (χ4v) is 8.07. The molecule has 0 spiro atoms. The van der Waals surface area contributed by atoms with Gasteiger partial charge in [-0.3, -0.25) is 15.0 Å². The number of thioether (sulfide) groups is 1. The van der Waals surface area contributed by atoms with Gasteiger partial charge in [0.1, 0.15) is 0 Å². The number of amides is 2. The molecule has 2 amide bonds. The van der Waals surface area contributed by atoms with Crippen molar-refractivity contribution in [3.63, 3.8) is 0 Å². The zero-order chi connectivity index (χ0) is 26.3. The van der Waals surface area contributed by atoms with Crippen LogP contribution in [0.3, 0.4) is 0 Å². The second-order valence-electron chi connectivity index (χ2n) is 10.3. The first-order chi connectivity index (χ1) is 17.7. The first-order valence-corrected chi connectivity index (χ1v) is 14.1. The molecular weight excluding hydrogens is 536 g/mol. The average Bonchev–Trinajstić information content (AvgIpc) is 3.09. The van der Waals surface area contributed by atoms with Crippen molar-refractivity contribution >= 4 is 63.8 Å². The molecule has 0 unspecified atom stereocenters. The molecule has 1 aromatic carbocycles. The Kier molecular flexibility index (Phi) is 7.44. The fourth-order valence-electron chi connectivity index (χ4n) is 6.62. The van der Waals surface area contributed by atoms with Crippen molar-refractivity contribution in [1.82, 2.24) is 10.4 Å². The Bertz CT molecular complexity index is 1150. The van der Waals surface area contributed by atoms with E-state index in [1.807, 2.05) is 0 Å². The number of esters is 1. The Hall–Kier alpha value is -2.30. The quantitative estimate of drug-likeness (QED) is 0.275. The summed E-state index contributed by atoms with van der Waals surface area (Å²) in [5.41, 5.74) is 3.05. The summed E-state index contributed by atoms with van der Waals surface area (Å²) in [5.74, 6) is 1.36. The number of hydrogen-bond donors (Lipinski definition) is 1. The van der Waals surface area contributed by atoms with Crippen LogP contribution in [-0.2, 0) is 19.1 Å². The number of ether oxygens (including phenoxy) is 3. The lowest BCUT2D eigenvalue weighted by Gasteiger charge is -2.55. The predicted octanol–water partition coefficient (Wildman–Crippen LogP) is 4.74. The summed E-state index contributed by atoms with van der Waals surface area (Å²) in [5, 5.41) is 1.41. The molecule has 198 valence electrons. The molecule has 11 heteroatoms. The number of halogens is 1. The largest absolute Gasteiger partial charge is 0.493 e. The minimum Gasteiger partial charge on any atom is -0.493 e. The number of nitrogens with zero attached hydrogens (tertiary/aromatic N) is 1. The van der Waals surface area contributed by atoms with Crippen LogP contribution in [0.2, 0.25) is 5.02 Å². The summed E-state index contributed by atoms with van der Waals surface area (Å²) in [7, 11) is 1.45. The normalized spacial score (nSPS) is 29.1. The molecule has 5 aliphatic rings. The van der Waals surface area contributed by atoms with Gasteiger partial charge in [0, 0.05) is 0 Å². The van der Waals surface area contributed by atoms with Gasteiger partial charge in [-0.15, -0.1) is 0 Å². The Morgan fingerprint density at radius 3 is 2.46 bits per heavy atom. The SMILES string of the molecule is CCOC(=O)COc1c(Cl)cc(/C=C2\SC(=S)N(NC(=O)C34CC5CC(CC(C5)C3)C4)C2=O)cc1OC. The summed E-state index contributed by atoms with van der Waals surface area (Å²) in [4.78, 5) is 38.7. The lowest BCUT2D eigenvalue weighted by atomic mass is 9.49. The van der Waals surface area contributed by atoms with Crippen molar-refractivity contribution in [1.29, 1.82) is 0 Å². The molecule has 8 nitrogen and oxygen atoms in total. The van der Waals surface area contributed by atoms with Crippen molar-refractivity contribution < 1.29 is 28.6 Å². The number of hydrazine groups is 1. The summed E-state index contributed by atoms with van der Waals surface area (Å²) in [6, 6.07) is 3.25. The maximum absolute atomic E-state index is 13.5. The van der Waals surface area contributed by atoms with Crippen LogP contribution in [0, 0.1) is 23.2 Å². The minimum absolute atomic E-state index is 0.0861. The number of carbonyl (C=O) groups is 3. The molecule has 0 radical (unpaired) electrons. The van der Waals surface area contributed by atoms with Gasteiger partial charge >= 0.3 is 5.97 Å². The van der Waals surface area contributed by atoms with Crippen molar-refractivity contribution in [3.8, 4) is 11.5 Å². The number of rotatable bonds is 8. The molecule has 1 aliphatic heterocycles. The van der Waals surface area contributed by atoms with Gasteiger partial charge in [-0.1, -0.05) is 23.4 Å². The standard InChI is InChI=1S/C26H29ClN2O6S2/c1-3-34-21(30)13-35-22-18(27)7-14(8-19(22)33-2)9-20-23(31)29(25(36)37-20)28-24(32)26-10-15-4-16(11-26)6-17(5-15)12-26/h7-9,15-17H,3-6,10-13H2,1-2H3,(H,28,32)/b20-9-. The van der Waals surface area contributed by atoms with E-state index in [1.54, 1.807) is 25.1 Å². The Labute approximate surface area is 230 Å². The van der Waals surface area contributed by atoms with Crippen LogP contribution in [0.25, 0.3) is 6.08 Å². The number of carbonyl (C=O) groups excluding carboxylic acids is 3. The van der Waals surface area contributed by atoms with E-state index in [1.165, 1.54) is 31.4 Å². The smallest absolute Gasteiger partial charge is 0.344 e. The maximum atomic E-state index is 13.5. The molecule has 1 saturated heterocycles. The van der Waals surface area contributed by atoms with Crippen LogP contribution in [-0.4, -0.2) is 47.4 Å². The predicted molar refractivity (Wildman–Crippen MR) is 144 cm³/mol. The van der Waals surface area contributed by atoms with Crippen LogP contribution in [0.1, 0.15) is 51.0 Å². The van der Waals surface area contributed by atoms with Crippen LogP contribution >= 0.6 is 35.6 Å². The summed E-state index contributed by atoms with van der Waals surface area (Å²) < 4.78 is 16.0. The van der Waals surface area contributed by atoms with E-state index < -0.39 is 5.97 Å². The van der Waals surface area contributed by atoms with E-state index in [0.717, 1.165) is 31.0 Å². The Morgan fingerprint density at radius 1 is 1.22 bits per heavy atom. The molecule has 4 saturated carbocycles. The Balaban J connectivity index is 1.30. The monoisotopic (exact) mass is 564 g/mol. The number of methoxy groups -OCH3 is 1. The van der Waals surface area contributed by atoms with Crippen molar-refractivity contribution in [2.45, 2.75) is 45.4 Å². The van der Waals surface area contributed by atoms with Gasteiger partial charge in [-0.05, 0) is 99.2 Å². The van der Waals surface area contributed by atoms with E-state index >= 15 is 0 Å². The lowest BCUT2D eigenvalue weighted by Crippen LogP contribution is -2.57. The fraction of sp³-hybridized carbons (Fsp3) is 0.538. The highest BCUT2D eigenvalue weighted by Crippen LogP contribution is 2.60.